The van der Waals surface area contributed by atoms with Gasteiger partial charge in [0.25, 0.3) is 11.8 Å². The topological polar surface area (TPSA) is 97.0 Å². The summed E-state index contributed by atoms with van der Waals surface area (Å²) in [6.45, 7) is 0.177. The number of amides is 3. The molecular weight excluding hydrogens is 479 g/mol. The van der Waals surface area contributed by atoms with Crippen LogP contribution in [0.4, 0.5) is 18.9 Å². The average Bonchev–Trinajstić information content (AvgIpc) is 2.86. The van der Waals surface area contributed by atoms with Gasteiger partial charge >= 0.3 is 6.18 Å². The molecule has 2 aromatic carbocycles. The van der Waals surface area contributed by atoms with E-state index >= 15 is 0 Å². The van der Waals surface area contributed by atoms with Crippen molar-refractivity contribution in [2.75, 3.05) is 26.0 Å². The first-order chi connectivity index (χ1) is 17.1. The second kappa shape index (κ2) is 10.2. The number of carbonyl (C=O) groups excluding carboxylic acids is 3. The Balaban J connectivity index is 1.49. The maximum atomic E-state index is 13.3. The van der Waals surface area contributed by atoms with Crippen LogP contribution in [0.5, 0.6) is 5.75 Å². The van der Waals surface area contributed by atoms with E-state index in [-0.39, 0.29) is 48.1 Å². The highest BCUT2D eigenvalue weighted by atomic mass is 19.4. The van der Waals surface area contributed by atoms with Crippen LogP contribution in [0, 0.1) is 0 Å². The van der Waals surface area contributed by atoms with E-state index in [1.165, 1.54) is 6.07 Å². The van der Waals surface area contributed by atoms with E-state index in [1.54, 1.807) is 31.1 Å². The lowest BCUT2D eigenvalue weighted by molar-refractivity contribution is -0.137. The SMILES string of the molecule is CNC(=O)C[C@H]1CC[C@H]2[C@H](COc3ccc(NC(=O)c4ccc(C(F)(F)F)cc4)cc3C(=O)N2C)O1. The summed E-state index contributed by atoms with van der Waals surface area (Å²) in [7, 11) is 3.24. The van der Waals surface area contributed by atoms with Gasteiger partial charge in [0.1, 0.15) is 18.5 Å². The van der Waals surface area contributed by atoms with Crippen LogP contribution < -0.4 is 15.4 Å². The molecule has 0 aliphatic carbocycles. The van der Waals surface area contributed by atoms with Crippen molar-refractivity contribution in [2.45, 2.75) is 43.7 Å². The standard InChI is InChI=1S/C25H26F3N3O5/c1-29-22(32)12-17-8-9-19-21(36-17)13-35-20-10-7-16(11-18(20)24(34)31(19)2)30-23(33)14-3-5-15(6-4-14)25(26,27)28/h3-7,10-11,17,19,21H,8-9,12-13H2,1-2H3,(H,29,32)(H,30,33)/t17-,19+,21+/m1/s1. The second-order valence-corrected chi connectivity index (χ2v) is 8.79. The highest BCUT2D eigenvalue weighted by Crippen LogP contribution is 2.33. The Morgan fingerprint density at radius 2 is 1.83 bits per heavy atom. The number of anilines is 1. The normalized spacial score (nSPS) is 21.9. The molecule has 192 valence electrons. The summed E-state index contributed by atoms with van der Waals surface area (Å²) in [5.41, 5.74) is -0.265. The third-order valence-corrected chi connectivity index (χ3v) is 6.44. The number of nitrogens with zero attached hydrogens (tertiary/aromatic N) is 1. The molecule has 2 aliphatic rings. The summed E-state index contributed by atoms with van der Waals surface area (Å²) in [5, 5.41) is 5.20. The first kappa shape index (κ1) is 25.5. The predicted octanol–water partition coefficient (Wildman–Crippen LogP) is 3.47. The number of ether oxygens (including phenoxy) is 2. The number of likely N-dealkylation sites (N-methyl/N-ethyl adjacent to an activating group) is 1. The molecule has 36 heavy (non-hydrogen) atoms. The number of carbonyl (C=O) groups is 3. The Morgan fingerprint density at radius 3 is 2.50 bits per heavy atom. The molecule has 1 saturated heterocycles. The fourth-order valence-corrected chi connectivity index (χ4v) is 4.43. The van der Waals surface area contributed by atoms with E-state index in [0.717, 1.165) is 24.3 Å². The van der Waals surface area contributed by atoms with Gasteiger partial charge in [-0.25, -0.2) is 0 Å². The molecule has 0 radical (unpaired) electrons. The molecule has 3 amide bonds. The molecule has 0 bridgehead atoms. The van der Waals surface area contributed by atoms with Gasteiger partial charge in [-0.05, 0) is 55.3 Å². The zero-order chi connectivity index (χ0) is 26.0. The van der Waals surface area contributed by atoms with Crippen LogP contribution >= 0.6 is 0 Å². The summed E-state index contributed by atoms with van der Waals surface area (Å²) in [4.78, 5) is 39.2. The molecule has 2 aromatic rings. The minimum atomic E-state index is -4.50. The van der Waals surface area contributed by atoms with Crippen LogP contribution in [0.3, 0.4) is 0 Å². The molecule has 0 saturated carbocycles. The van der Waals surface area contributed by atoms with Gasteiger partial charge in [0.05, 0.1) is 29.7 Å². The number of hydrogen-bond acceptors (Lipinski definition) is 5. The van der Waals surface area contributed by atoms with E-state index in [2.05, 4.69) is 10.6 Å². The lowest BCUT2D eigenvalue weighted by Crippen LogP contribution is -2.53. The lowest BCUT2D eigenvalue weighted by Gasteiger charge is -2.42. The summed E-state index contributed by atoms with van der Waals surface area (Å²) in [6, 6.07) is 8.18. The summed E-state index contributed by atoms with van der Waals surface area (Å²) >= 11 is 0. The third-order valence-electron chi connectivity index (χ3n) is 6.44. The van der Waals surface area contributed by atoms with Gasteiger partial charge in [0.2, 0.25) is 5.91 Å². The van der Waals surface area contributed by atoms with Crippen molar-refractivity contribution >= 4 is 23.4 Å². The maximum Gasteiger partial charge on any atom is 0.416 e. The van der Waals surface area contributed by atoms with E-state index < -0.39 is 23.8 Å². The molecule has 4 rings (SSSR count). The Labute approximate surface area is 205 Å². The van der Waals surface area contributed by atoms with Gasteiger partial charge < -0.3 is 25.0 Å². The summed E-state index contributed by atoms with van der Waals surface area (Å²) in [5.74, 6) is -0.737. The van der Waals surface area contributed by atoms with E-state index in [4.69, 9.17) is 9.47 Å². The lowest BCUT2D eigenvalue weighted by atomic mass is 9.94. The minimum absolute atomic E-state index is 0.0444. The molecule has 0 spiro atoms. The first-order valence-electron chi connectivity index (χ1n) is 11.5. The van der Waals surface area contributed by atoms with E-state index in [9.17, 15) is 27.6 Å². The molecule has 2 heterocycles. The average molecular weight is 505 g/mol. The quantitative estimate of drug-likeness (QED) is 0.664. The predicted molar refractivity (Wildman–Crippen MR) is 124 cm³/mol. The molecule has 3 atom stereocenters. The highest BCUT2D eigenvalue weighted by molar-refractivity contribution is 6.05. The molecule has 11 heteroatoms. The highest BCUT2D eigenvalue weighted by Gasteiger charge is 2.39. The Hall–Kier alpha value is -3.60. The fourth-order valence-electron chi connectivity index (χ4n) is 4.43. The van der Waals surface area contributed by atoms with Crippen molar-refractivity contribution in [3.8, 4) is 5.75 Å². The van der Waals surface area contributed by atoms with E-state index in [1.807, 2.05) is 0 Å². The van der Waals surface area contributed by atoms with Crippen LogP contribution in [0.15, 0.2) is 42.5 Å². The molecule has 2 N–H and O–H groups in total. The number of rotatable bonds is 4. The van der Waals surface area contributed by atoms with Crippen LogP contribution in [-0.2, 0) is 15.7 Å². The maximum absolute atomic E-state index is 13.3. The van der Waals surface area contributed by atoms with Gasteiger partial charge in [-0.1, -0.05) is 0 Å². The van der Waals surface area contributed by atoms with Crippen molar-refractivity contribution in [3.63, 3.8) is 0 Å². The molecule has 0 unspecified atom stereocenters. The number of nitrogens with one attached hydrogen (secondary N) is 2. The monoisotopic (exact) mass is 505 g/mol. The van der Waals surface area contributed by atoms with Crippen LogP contribution in [0.25, 0.3) is 0 Å². The van der Waals surface area contributed by atoms with Crippen LogP contribution in [0.2, 0.25) is 0 Å². The zero-order valence-corrected chi connectivity index (χ0v) is 19.7. The smallest absolute Gasteiger partial charge is 0.416 e. The molecule has 2 aliphatic heterocycles. The third kappa shape index (κ3) is 5.46. The van der Waals surface area contributed by atoms with Crippen molar-refractivity contribution in [1.82, 2.24) is 10.2 Å². The molecule has 0 aromatic heterocycles. The van der Waals surface area contributed by atoms with E-state index in [0.29, 0.717) is 24.3 Å². The number of fused-ring (bicyclic) bond motifs is 2. The van der Waals surface area contributed by atoms with Gasteiger partial charge in [-0.2, -0.15) is 13.2 Å². The van der Waals surface area contributed by atoms with Gasteiger partial charge in [0, 0.05) is 25.3 Å². The molecule has 1 fully saturated rings. The van der Waals surface area contributed by atoms with Crippen molar-refractivity contribution in [3.05, 3.63) is 59.2 Å². The van der Waals surface area contributed by atoms with Crippen molar-refractivity contribution < 1.29 is 37.0 Å². The number of benzene rings is 2. The summed E-state index contributed by atoms with van der Waals surface area (Å²) in [6.07, 6.45) is -3.69. The zero-order valence-electron chi connectivity index (χ0n) is 19.7. The van der Waals surface area contributed by atoms with Gasteiger partial charge in [-0.15, -0.1) is 0 Å². The van der Waals surface area contributed by atoms with Crippen LogP contribution in [0.1, 0.15) is 45.5 Å². The molecule has 8 nitrogen and oxygen atoms in total. The fraction of sp³-hybridized carbons (Fsp3) is 0.400. The Bertz CT molecular complexity index is 1150. The van der Waals surface area contributed by atoms with Crippen molar-refractivity contribution in [1.29, 1.82) is 0 Å². The van der Waals surface area contributed by atoms with Crippen LogP contribution in [-0.4, -0.2) is 61.6 Å². The second-order valence-electron chi connectivity index (χ2n) is 8.79. The first-order valence-corrected chi connectivity index (χ1v) is 11.5. The van der Waals surface area contributed by atoms with Gasteiger partial charge in [-0.3, -0.25) is 14.4 Å². The van der Waals surface area contributed by atoms with Crippen molar-refractivity contribution in [2.24, 2.45) is 0 Å². The Morgan fingerprint density at radius 1 is 1.11 bits per heavy atom. The minimum Gasteiger partial charge on any atom is -0.490 e. The Kier molecular flexibility index (Phi) is 7.21. The molecular formula is C25H26F3N3O5. The van der Waals surface area contributed by atoms with Gasteiger partial charge in [0.15, 0.2) is 0 Å². The number of hydrogen-bond donors (Lipinski definition) is 2. The number of halogens is 3. The summed E-state index contributed by atoms with van der Waals surface area (Å²) < 4.78 is 50.3. The number of alkyl halides is 3. The largest absolute Gasteiger partial charge is 0.490 e.